The standard InChI is InChI=1S/C92H110N13O15S2.3CO2.Na.O3S/c1-8-35-117-37-38-118-36-34-103(71-42-59(52-119-79-48-62-26-30-69-44-64-15-9-11-18-74(64)104(69)87(112)72(62)40-55(79)2)41-60(43-71)53-120-81-49-63-27-31-70-45-65-16-10-12-19-75(65)105(70)88(113)73(63)50-80(81)116-7)54-92(5,6)122-121-39-14-20-76(106)56(3)99-85(110)66(17-13-33-96-90(93)94)46-77(107)57(4)98-82(109)32-28-67(89(114)115)47-78(108)61-24-21-58(22-25-61)23-29-68-51-97-84-83(100-68)86(111)102-91(95)101-84;3*2-1-3;;1-4(2)3/h9-12,15-16,18-19,21-22,24-25,31,40-43,48-51,56-57,66-67,69-70H,8,13-14,17,20,23,26-30,32-39,44-47,52-54H2,1-7H3,(H,98,109)(H,99,110)(H,114,115)(H4,93,94,96)(H3,95,97,101,102,111);;;;;/q-1;;;;+1;/t56-,57-,66+,67+,69-,70-;;;;;/m1...../s1. The van der Waals surface area contributed by atoms with Crippen molar-refractivity contribution in [2.24, 2.45) is 17.6 Å². The molecule has 37 nitrogen and oxygen atoms in total. The van der Waals surface area contributed by atoms with Gasteiger partial charge in [-0.3, -0.25) is 53.5 Å². The molecule has 0 saturated heterocycles. The van der Waals surface area contributed by atoms with Crippen LogP contribution in [0, 0.1) is 30.6 Å². The molecule has 10 N–H and O–H groups in total. The van der Waals surface area contributed by atoms with Crippen LogP contribution in [0.4, 0.5) is 23.0 Å². The third-order valence-electron chi connectivity index (χ3n) is 22.6. The number of carbonyl (C=O) groups excluding carboxylic acids is 13. The number of carboxylic acids is 1. The molecule has 0 radical (unpaired) electrons. The number of nitrogens with one attached hydrogen (secondary N) is 5. The monoisotopic (exact) mass is 1940 g/mol. The van der Waals surface area contributed by atoms with Crippen LogP contribution in [-0.4, -0.2) is 197 Å². The van der Waals surface area contributed by atoms with Crippen LogP contribution in [-0.2, 0) is 125 Å². The number of hydrogen-bond donors (Lipinski definition) is 8. The third kappa shape index (κ3) is 33.2. The maximum atomic E-state index is 14.5. The number of methoxy groups -OCH3 is 1. The number of Topliss-reactive ketones (excluding diaryl/α,β-unsaturated/α-hetero) is 3. The van der Waals surface area contributed by atoms with Crippen molar-refractivity contribution in [2.75, 3.05) is 79.4 Å². The molecule has 41 heteroatoms. The van der Waals surface area contributed by atoms with E-state index >= 15 is 0 Å². The van der Waals surface area contributed by atoms with Crippen LogP contribution >= 0.6 is 21.6 Å². The second kappa shape index (κ2) is 55.5. The largest absolute Gasteiger partial charge is 1.00 e. The number of carbonyl (C=O) groups is 8. The Morgan fingerprint density at radius 1 is 0.713 bits per heavy atom. The summed E-state index contributed by atoms with van der Waals surface area (Å²) in [4.78, 5) is 192. The Bertz CT molecular complexity index is 5800. The zero-order chi connectivity index (χ0) is 98.4. The number of nitrogen functional groups attached to an aromatic ring is 1. The number of ether oxygens (including phenoxy) is 5. The van der Waals surface area contributed by atoms with E-state index in [1.807, 2.05) is 71.3 Å². The number of nitrogens with two attached hydrogens (primary N) is 2. The number of rotatable bonds is 45. The van der Waals surface area contributed by atoms with Crippen molar-refractivity contribution in [2.45, 2.75) is 186 Å². The molecule has 8 aromatic rings. The number of anilines is 4. The van der Waals surface area contributed by atoms with E-state index in [9.17, 15) is 48.3 Å². The second-order valence-corrected chi connectivity index (χ2v) is 36.4. The van der Waals surface area contributed by atoms with Crippen LogP contribution in [0.3, 0.4) is 0 Å². The summed E-state index contributed by atoms with van der Waals surface area (Å²) in [5.74, 6) is -3.86. The fourth-order valence-corrected chi connectivity index (χ4v) is 18.7. The zero-order valence-electron chi connectivity index (χ0n) is 76.9. The van der Waals surface area contributed by atoms with Gasteiger partial charge in [0.1, 0.15) is 19.0 Å². The van der Waals surface area contributed by atoms with Gasteiger partial charge >= 0.3 is 64.6 Å². The number of aromatic amines is 1. The van der Waals surface area contributed by atoms with Crippen molar-refractivity contribution in [3.8, 4) is 17.2 Å². The van der Waals surface area contributed by atoms with Gasteiger partial charge in [0.25, 0.3) is 17.4 Å². The van der Waals surface area contributed by atoms with E-state index in [0.717, 1.165) is 88.1 Å². The van der Waals surface area contributed by atoms with E-state index in [0.29, 0.717) is 111 Å². The van der Waals surface area contributed by atoms with Crippen LogP contribution in [0.5, 0.6) is 17.2 Å². The summed E-state index contributed by atoms with van der Waals surface area (Å²) in [6.07, 6.45) is 9.93. The third-order valence-corrected chi connectivity index (χ3v) is 25.9. The maximum Gasteiger partial charge on any atom is 1.00 e. The number of aromatic nitrogens is 4. The molecule has 0 saturated carbocycles. The molecule has 136 heavy (non-hydrogen) atoms. The van der Waals surface area contributed by atoms with E-state index in [1.165, 1.54) is 18.7 Å². The van der Waals surface area contributed by atoms with E-state index < -0.39 is 74.2 Å². The summed E-state index contributed by atoms with van der Waals surface area (Å²) in [6, 6.07) is 35.0. The summed E-state index contributed by atoms with van der Waals surface area (Å²) in [7, 11) is 1.81. The van der Waals surface area contributed by atoms with Crippen molar-refractivity contribution in [3.05, 3.63) is 205 Å². The molecule has 4 aliphatic rings. The summed E-state index contributed by atoms with van der Waals surface area (Å²) in [6.45, 7) is 15.0. The molecule has 2 aromatic heterocycles. The molecule has 6 atom stereocenters. The van der Waals surface area contributed by atoms with Gasteiger partial charge in [-0.2, -0.15) is 40.2 Å². The molecular formula is C95H110N13NaO24S3. The first kappa shape index (κ1) is 111. The smallest absolute Gasteiger partial charge is 0.493 e. The van der Waals surface area contributed by atoms with Crippen LogP contribution < -0.4 is 91.4 Å². The number of aliphatic carboxylic acids is 1. The number of amides is 4. The van der Waals surface area contributed by atoms with Crippen molar-refractivity contribution in [1.82, 2.24) is 35.9 Å². The SMILES string of the molecule is CCCOCCOCCN(CC(C)(C)SSCCCC(=O)[C@@H](C)NC(=O)[C@@H](CCCNC(=N)N)CC(=O)[C@@H](C)NC(=O)CC[C@@H](CC(=O)c1ccc(CCc2cnc3nc(N)[nH]c(=O)c3n2)cc1)C(=O)O)c1cc(COc2cc3c(cc2C)C(=O)N2c4ccccc4C[C@H]2CC3)cc(COc2cc3c(cc2OC)C(=O)N2c4ccccc4C[C@H]2[CH-]C3)c1.O=C=O.O=C=O.O=C=O.O=S(=O)=O.[Na+]. The number of aryl methyl sites for hydroxylation is 4. The predicted molar refractivity (Wildman–Crippen MR) is 497 cm³/mol. The number of nitrogens with zero attached hydrogens (tertiary/aromatic N) is 6. The minimum atomic E-state index is -3.11. The number of carboxylic acid groups (broad SMARTS) is 1. The molecule has 4 amide bonds. The number of hydrogen-bond acceptors (Lipinski definition) is 31. The number of H-pyrrole nitrogens is 1. The summed E-state index contributed by atoms with van der Waals surface area (Å²) >= 11 is 0. The quantitative estimate of drug-likeness (QED) is 0.00411. The van der Waals surface area contributed by atoms with Crippen LogP contribution in [0.1, 0.15) is 180 Å². The zero-order valence-corrected chi connectivity index (χ0v) is 81.3. The fourth-order valence-electron chi connectivity index (χ4n) is 16.1. The summed E-state index contributed by atoms with van der Waals surface area (Å²) < 4.78 is 56.6. The van der Waals surface area contributed by atoms with Crippen molar-refractivity contribution in [1.29, 1.82) is 5.41 Å². The second-order valence-electron chi connectivity index (χ2n) is 32.8. The Morgan fingerprint density at radius 2 is 1.32 bits per heavy atom. The normalized spacial score (nSPS) is 14.3. The Morgan fingerprint density at radius 3 is 1.97 bits per heavy atom. The summed E-state index contributed by atoms with van der Waals surface area (Å²) in [5, 5.41) is 25.9. The number of benzene rings is 6. The van der Waals surface area contributed by atoms with Gasteiger partial charge in [0.15, 0.2) is 46.0 Å². The molecule has 0 bridgehead atoms. The van der Waals surface area contributed by atoms with E-state index in [1.54, 1.807) is 66.0 Å². The molecular weight excluding hydrogens is 1830 g/mol. The minimum Gasteiger partial charge on any atom is -0.493 e. The molecule has 0 unspecified atom stereocenters. The molecule has 718 valence electrons. The first-order valence-corrected chi connectivity index (χ1v) is 46.9. The molecule has 0 spiro atoms. The van der Waals surface area contributed by atoms with Gasteiger partial charge in [0.2, 0.25) is 17.8 Å². The summed E-state index contributed by atoms with van der Waals surface area (Å²) in [5.41, 5.74) is 23.3. The average molecular weight is 1940 g/mol. The Balaban J connectivity index is 0.00000170. The van der Waals surface area contributed by atoms with Gasteiger partial charge in [-0.15, -0.1) is 12.6 Å². The van der Waals surface area contributed by atoms with Gasteiger partial charge < -0.3 is 77.3 Å². The van der Waals surface area contributed by atoms with E-state index in [-0.39, 0.29) is 165 Å². The van der Waals surface area contributed by atoms with Crippen LogP contribution in [0.15, 0.2) is 126 Å². The first-order valence-electron chi connectivity index (χ1n) is 43.6. The van der Waals surface area contributed by atoms with Crippen molar-refractivity contribution >= 4 is 138 Å². The van der Waals surface area contributed by atoms with E-state index in [4.69, 9.17) is 82.0 Å². The van der Waals surface area contributed by atoms with Gasteiger partial charge in [-0.1, -0.05) is 101 Å². The maximum absolute atomic E-state index is 14.5. The van der Waals surface area contributed by atoms with Crippen LogP contribution in [0.25, 0.3) is 11.2 Å². The molecule has 12 rings (SSSR count). The van der Waals surface area contributed by atoms with Gasteiger partial charge in [-0.25, -0.2) is 9.97 Å². The van der Waals surface area contributed by atoms with Crippen molar-refractivity contribution in [3.63, 3.8) is 0 Å². The molecule has 6 aromatic carbocycles. The molecule has 0 fully saturated rings. The van der Waals surface area contributed by atoms with Crippen LogP contribution in [0.2, 0.25) is 0 Å². The Labute approximate surface area is 817 Å². The number of fused-ring (bicyclic) bond motifs is 9. The van der Waals surface area contributed by atoms with Crippen molar-refractivity contribution < 1.29 is 138 Å². The first-order chi connectivity index (χ1) is 64.7. The van der Waals surface area contributed by atoms with Gasteiger partial charge in [0, 0.05) is 108 Å². The number of guanidine groups is 1. The minimum absolute atomic E-state index is 0. The van der Waals surface area contributed by atoms with Gasteiger partial charge in [-0.05, 0) is 199 Å². The number of ketones is 3. The topological polar surface area (TPSA) is 550 Å². The number of para-hydroxylation sites is 2. The van der Waals surface area contributed by atoms with E-state index in [2.05, 4.69) is 98.3 Å². The fraction of sp³-hybridized carbons (Fsp3) is 0.421. The average Bonchev–Trinajstić information content (AvgIpc) is 1.59. The molecule has 4 aliphatic heterocycles. The predicted octanol–water partition coefficient (Wildman–Crippen LogP) is 6.02. The Kier molecular flexibility index (Phi) is 45.2. The molecule has 6 heterocycles. The molecule has 0 aliphatic carbocycles. The Hall–Kier alpha value is -12.5. The van der Waals surface area contributed by atoms with Gasteiger partial charge in [0.05, 0.1) is 56.8 Å².